The maximum Gasteiger partial charge on any atom is 0.274 e. The first-order chi connectivity index (χ1) is 31.2. The van der Waals surface area contributed by atoms with Crippen LogP contribution in [0.25, 0.3) is 16.4 Å². The number of nitrogens with one attached hydrogen (secondary N) is 2. The summed E-state index contributed by atoms with van der Waals surface area (Å²) in [4.78, 5) is 57.0. The molecular weight excluding hydrogens is 835 g/mol. The molecule has 2 aromatic carbocycles. The van der Waals surface area contributed by atoms with Gasteiger partial charge in [0, 0.05) is 72.7 Å². The van der Waals surface area contributed by atoms with E-state index >= 15 is 8.78 Å². The van der Waals surface area contributed by atoms with Crippen LogP contribution in [0, 0.1) is 40.7 Å². The largest absolute Gasteiger partial charge is 0.386 e. The van der Waals surface area contributed by atoms with Crippen molar-refractivity contribution in [3.63, 3.8) is 0 Å². The number of carbonyl (C=O) groups excluding carboxylic acids is 4. The molecule has 7 heterocycles. The molecule has 0 spiro atoms. The van der Waals surface area contributed by atoms with Gasteiger partial charge in [0.25, 0.3) is 5.91 Å². The fourth-order valence-electron chi connectivity index (χ4n) is 10.9. The van der Waals surface area contributed by atoms with Crippen molar-refractivity contribution in [1.82, 2.24) is 34.5 Å². The van der Waals surface area contributed by atoms with E-state index in [1.807, 2.05) is 23.2 Å². The molecular formula is C48H52F2N10O5. The van der Waals surface area contributed by atoms with E-state index in [9.17, 15) is 29.5 Å². The Morgan fingerprint density at radius 2 is 1.62 bits per heavy atom. The summed E-state index contributed by atoms with van der Waals surface area (Å²) >= 11 is 0. The molecule has 4 saturated heterocycles. The number of anilines is 2. The summed E-state index contributed by atoms with van der Waals surface area (Å²) in [5, 5.41) is 35.7. The molecule has 1 atom stereocenters. The van der Waals surface area contributed by atoms with Crippen LogP contribution in [0.15, 0.2) is 54.9 Å². The second-order valence-corrected chi connectivity index (χ2v) is 19.3. The number of likely N-dealkylation sites (tertiary alicyclic amines) is 2. The molecule has 1 aliphatic carbocycles. The van der Waals surface area contributed by atoms with Crippen LogP contribution in [0.4, 0.5) is 20.2 Å². The first kappa shape index (κ1) is 42.7. The minimum atomic E-state index is -1.26. The third kappa shape index (κ3) is 8.11. The van der Waals surface area contributed by atoms with E-state index in [2.05, 4.69) is 31.4 Å². The van der Waals surface area contributed by atoms with Gasteiger partial charge in [-0.25, -0.2) is 13.3 Å². The number of fused-ring (bicyclic) bond motifs is 2. The monoisotopic (exact) mass is 886 g/mol. The predicted molar refractivity (Wildman–Crippen MR) is 236 cm³/mol. The quantitative estimate of drug-likeness (QED) is 0.157. The van der Waals surface area contributed by atoms with Crippen LogP contribution in [-0.2, 0) is 20.0 Å². The molecule has 5 aliphatic rings. The van der Waals surface area contributed by atoms with Crippen LogP contribution in [0.3, 0.4) is 0 Å². The highest BCUT2D eigenvalue weighted by atomic mass is 19.1. The number of nitriles is 1. The van der Waals surface area contributed by atoms with E-state index < -0.39 is 35.0 Å². The minimum Gasteiger partial charge on any atom is -0.386 e. The van der Waals surface area contributed by atoms with Gasteiger partial charge in [-0.15, -0.1) is 0 Å². The molecule has 0 unspecified atom stereocenters. The van der Waals surface area contributed by atoms with E-state index in [1.165, 1.54) is 22.8 Å². The Balaban J connectivity index is 0.687. The standard InChI is InChI=1S/C48H52F2N10O5/c1-48(2,65)37-19-40-29(16-41(37)53-46(63)42-9-7-34-15-27(20-51)21-52-60(34)42)26-59(55-40)33-5-3-32(4-6-33)56-13-11-28(12-14-56)30-22-58(23-30)47(64)31-24-57(25-31)35-17-38(49)44(39(50)18-35)36-8-10-43(61)54-45(36)62/h7,9,15-19,21,26,28,30-33,36,65H,3-6,8,10-14,22-25H2,1-2H3,(H,53,63)(H,54,61,62)/t32?,33?,36-/m1/s1. The van der Waals surface area contributed by atoms with Crippen molar-refractivity contribution in [1.29, 1.82) is 5.26 Å². The van der Waals surface area contributed by atoms with Crippen LogP contribution in [0.2, 0.25) is 0 Å². The zero-order valence-electron chi connectivity index (χ0n) is 36.5. The van der Waals surface area contributed by atoms with E-state index in [0.29, 0.717) is 64.7 Å². The van der Waals surface area contributed by atoms with E-state index in [4.69, 9.17) is 5.10 Å². The molecule has 5 fully saturated rings. The number of hydrogen-bond acceptors (Lipinski definition) is 10. The summed E-state index contributed by atoms with van der Waals surface area (Å²) < 4.78 is 33.8. The first-order valence-electron chi connectivity index (χ1n) is 22.8. The number of benzene rings is 2. The number of piperidine rings is 2. The average molecular weight is 887 g/mol. The number of aliphatic hydroxyl groups is 1. The number of amides is 4. The number of nitrogens with zero attached hydrogens (tertiary/aromatic N) is 8. The fraction of sp³-hybridized carbons (Fsp3) is 0.479. The smallest absolute Gasteiger partial charge is 0.274 e. The van der Waals surface area contributed by atoms with Crippen LogP contribution in [0.5, 0.6) is 0 Å². The highest BCUT2D eigenvalue weighted by Gasteiger charge is 2.44. The maximum atomic E-state index is 15.1. The van der Waals surface area contributed by atoms with Gasteiger partial charge in [0.05, 0.1) is 46.3 Å². The van der Waals surface area contributed by atoms with Crippen molar-refractivity contribution in [3.8, 4) is 6.07 Å². The third-order valence-electron chi connectivity index (χ3n) is 14.7. The van der Waals surface area contributed by atoms with E-state index in [0.717, 1.165) is 75.6 Å². The molecule has 10 rings (SSSR count). The SMILES string of the molecule is CC(C)(O)c1cc2nn(C3CCC(N4CCC(C5CN(C(=O)C6CN(c7cc(F)c([C@H]8CCC(=O)NC8=O)c(F)c7)C6)C5)CC4)CC3)cc2cc1NC(=O)c1ccc2cc(C#N)cnn12. The van der Waals surface area contributed by atoms with Gasteiger partial charge in [0.2, 0.25) is 17.7 Å². The van der Waals surface area contributed by atoms with Crippen molar-refractivity contribution in [2.75, 3.05) is 49.5 Å². The molecule has 0 bridgehead atoms. The van der Waals surface area contributed by atoms with Crippen LogP contribution in [0.1, 0.15) is 104 Å². The molecule has 3 N–H and O–H groups in total. The number of carbonyl (C=O) groups is 4. The minimum absolute atomic E-state index is 0.0305. The molecule has 3 aromatic heterocycles. The van der Waals surface area contributed by atoms with Crippen molar-refractivity contribution in [3.05, 3.63) is 88.9 Å². The zero-order chi connectivity index (χ0) is 45.3. The van der Waals surface area contributed by atoms with Gasteiger partial charge < -0.3 is 25.1 Å². The Hall–Kier alpha value is -6.25. The lowest BCUT2D eigenvalue weighted by molar-refractivity contribution is -0.145. The average Bonchev–Trinajstić information content (AvgIpc) is 3.87. The van der Waals surface area contributed by atoms with Gasteiger partial charge in [-0.1, -0.05) is 0 Å². The summed E-state index contributed by atoms with van der Waals surface area (Å²) in [7, 11) is 0. The van der Waals surface area contributed by atoms with Crippen LogP contribution in [-0.4, -0.2) is 103 Å². The van der Waals surface area contributed by atoms with Gasteiger partial charge in [0.1, 0.15) is 23.4 Å². The summed E-state index contributed by atoms with van der Waals surface area (Å²) in [6, 6.07) is 14.1. The van der Waals surface area contributed by atoms with E-state index in [1.54, 1.807) is 36.9 Å². The van der Waals surface area contributed by atoms with Crippen molar-refractivity contribution >= 4 is 51.4 Å². The molecule has 338 valence electrons. The summed E-state index contributed by atoms with van der Waals surface area (Å²) in [6.45, 7) is 7.75. The number of aromatic nitrogens is 4. The van der Waals surface area contributed by atoms with Gasteiger partial charge in [-0.3, -0.25) is 29.2 Å². The highest BCUT2D eigenvalue weighted by molar-refractivity contribution is 6.05. The molecule has 4 amide bonds. The van der Waals surface area contributed by atoms with Gasteiger partial charge in [-0.05, 0) is 126 Å². The fourth-order valence-corrected chi connectivity index (χ4v) is 10.9. The van der Waals surface area contributed by atoms with Gasteiger partial charge >= 0.3 is 0 Å². The van der Waals surface area contributed by atoms with Crippen molar-refractivity contribution in [2.24, 2.45) is 17.8 Å². The lowest BCUT2D eigenvalue weighted by Crippen LogP contribution is -2.61. The molecule has 4 aliphatic heterocycles. The molecule has 0 radical (unpaired) electrons. The number of rotatable bonds is 9. The summed E-state index contributed by atoms with van der Waals surface area (Å²) in [5.74, 6) is -3.27. The summed E-state index contributed by atoms with van der Waals surface area (Å²) in [6.07, 6.45) is 9.92. The summed E-state index contributed by atoms with van der Waals surface area (Å²) in [5.41, 5.74) is 1.89. The number of halogens is 2. The van der Waals surface area contributed by atoms with Crippen molar-refractivity contribution < 1.29 is 33.1 Å². The molecule has 17 heteroatoms. The van der Waals surface area contributed by atoms with Crippen LogP contribution < -0.4 is 15.5 Å². The van der Waals surface area contributed by atoms with E-state index in [-0.39, 0.29) is 42.2 Å². The second-order valence-electron chi connectivity index (χ2n) is 19.3. The zero-order valence-corrected chi connectivity index (χ0v) is 36.5. The van der Waals surface area contributed by atoms with Gasteiger partial charge in [-0.2, -0.15) is 15.5 Å². The van der Waals surface area contributed by atoms with Gasteiger partial charge in [0.15, 0.2) is 0 Å². The molecule has 65 heavy (non-hydrogen) atoms. The van der Waals surface area contributed by atoms with Crippen molar-refractivity contribution in [2.45, 2.75) is 88.8 Å². The Kier molecular flexibility index (Phi) is 10.9. The van der Waals surface area contributed by atoms with Crippen LogP contribution >= 0.6 is 0 Å². The maximum absolute atomic E-state index is 15.1. The third-order valence-corrected chi connectivity index (χ3v) is 14.7. The number of hydrogen-bond donors (Lipinski definition) is 3. The number of imide groups is 1. The molecule has 1 saturated carbocycles. The Bertz CT molecular complexity index is 2740. The Labute approximate surface area is 374 Å². The molecule has 5 aromatic rings. The normalized spacial score (nSPS) is 22.7. The lowest BCUT2D eigenvalue weighted by Gasteiger charge is -2.50. The topological polar surface area (TPSA) is 181 Å². The Morgan fingerprint density at radius 1 is 0.908 bits per heavy atom. The second kappa shape index (κ2) is 16.6. The first-order valence-corrected chi connectivity index (χ1v) is 22.8. The lowest BCUT2D eigenvalue weighted by atomic mass is 9.78. The predicted octanol–water partition coefficient (Wildman–Crippen LogP) is 5.62. The molecule has 15 nitrogen and oxygen atoms in total. The highest BCUT2D eigenvalue weighted by Crippen LogP contribution is 2.40. The Morgan fingerprint density at radius 3 is 2.29 bits per heavy atom.